The highest BCUT2D eigenvalue weighted by Gasteiger charge is 2.23. The fourth-order valence-corrected chi connectivity index (χ4v) is 2.51. The number of benzene rings is 1. The minimum absolute atomic E-state index is 0.184. The molecule has 0 N–H and O–H groups in total. The van der Waals surface area contributed by atoms with Gasteiger partial charge in [-0.25, -0.2) is 4.98 Å². The number of hydrogen-bond acceptors (Lipinski definition) is 4. The zero-order chi connectivity index (χ0) is 13.9. The largest absolute Gasteiger partial charge is 0.366 e. The van der Waals surface area contributed by atoms with Crippen molar-refractivity contribution in [1.29, 1.82) is 5.26 Å². The number of rotatable bonds is 2. The van der Waals surface area contributed by atoms with Gasteiger partial charge >= 0.3 is 0 Å². The highest BCUT2D eigenvalue weighted by Crippen LogP contribution is 2.28. The lowest BCUT2D eigenvalue weighted by Gasteiger charge is -2.30. The molecule has 3 rings (SSSR count). The highest BCUT2D eigenvalue weighted by atomic mass is 16.1. The number of carbonyl (C=O) groups is 1. The first-order valence-electron chi connectivity index (χ1n) is 6.51. The molecule has 1 aromatic carbocycles. The first-order valence-corrected chi connectivity index (χ1v) is 6.51. The monoisotopic (exact) mass is 263 g/mol. The Labute approximate surface area is 117 Å². The molecule has 1 aliphatic rings. The second-order valence-electron chi connectivity index (χ2n) is 4.73. The lowest BCUT2D eigenvalue weighted by atomic mass is 9.99. The average Bonchev–Trinajstić information content (AvgIpc) is 2.51. The van der Waals surface area contributed by atoms with E-state index in [2.05, 4.69) is 16.0 Å². The number of fused-ring (bicyclic) bond motifs is 1. The van der Waals surface area contributed by atoms with E-state index >= 15 is 0 Å². The summed E-state index contributed by atoms with van der Waals surface area (Å²) in [6.45, 7) is 1.27. The van der Waals surface area contributed by atoms with Crippen LogP contribution >= 0.6 is 0 Å². The third-order valence-corrected chi connectivity index (χ3v) is 3.51. The van der Waals surface area contributed by atoms with E-state index in [9.17, 15) is 4.79 Å². The number of para-hydroxylation sites is 1. The van der Waals surface area contributed by atoms with Gasteiger partial charge in [-0.15, -0.1) is 0 Å². The van der Waals surface area contributed by atoms with Gasteiger partial charge in [0.25, 0.3) is 0 Å². The van der Waals surface area contributed by atoms with Gasteiger partial charge in [0.15, 0.2) is 5.78 Å². The second-order valence-corrected chi connectivity index (χ2v) is 4.73. The van der Waals surface area contributed by atoms with Crippen LogP contribution in [-0.4, -0.2) is 17.3 Å². The highest BCUT2D eigenvalue weighted by molar-refractivity contribution is 6.03. The lowest BCUT2D eigenvalue weighted by Crippen LogP contribution is -2.31. The fraction of sp³-hybridized carbons (Fsp3) is 0.188. The van der Waals surface area contributed by atoms with E-state index in [4.69, 9.17) is 5.26 Å². The number of ketones is 1. The number of aromatic nitrogens is 1. The predicted molar refractivity (Wildman–Crippen MR) is 75.4 cm³/mol. The van der Waals surface area contributed by atoms with Crippen molar-refractivity contribution in [2.24, 2.45) is 0 Å². The third-order valence-electron chi connectivity index (χ3n) is 3.51. The number of anilines is 1. The Kier molecular flexibility index (Phi) is 3.18. The molecule has 1 aliphatic heterocycles. The average molecular weight is 263 g/mol. The molecule has 20 heavy (non-hydrogen) atoms. The molecule has 0 bridgehead atoms. The van der Waals surface area contributed by atoms with Crippen LogP contribution in [0, 0.1) is 11.3 Å². The number of Topliss-reactive ketones (excluding diaryl/α,β-unsaturated/α-hetero) is 1. The molecule has 4 nitrogen and oxygen atoms in total. The SMILES string of the molecule is N#Cc1ncccc1CN1CCC(=O)c2ccccc21. The van der Waals surface area contributed by atoms with Crippen LogP contribution in [0.3, 0.4) is 0 Å². The van der Waals surface area contributed by atoms with Crippen molar-refractivity contribution in [2.75, 3.05) is 11.4 Å². The number of pyridine rings is 1. The zero-order valence-electron chi connectivity index (χ0n) is 10.9. The molecule has 0 spiro atoms. The van der Waals surface area contributed by atoms with E-state index in [0.717, 1.165) is 16.8 Å². The van der Waals surface area contributed by atoms with Crippen LogP contribution in [0.15, 0.2) is 42.6 Å². The summed E-state index contributed by atoms with van der Waals surface area (Å²) in [5.41, 5.74) is 3.04. The molecule has 0 aliphatic carbocycles. The molecule has 2 heterocycles. The third kappa shape index (κ3) is 2.14. The maximum atomic E-state index is 11.9. The Morgan fingerprint density at radius 3 is 2.95 bits per heavy atom. The van der Waals surface area contributed by atoms with Crippen molar-refractivity contribution in [3.05, 3.63) is 59.4 Å². The number of hydrogen-bond donors (Lipinski definition) is 0. The van der Waals surface area contributed by atoms with Gasteiger partial charge in [-0.05, 0) is 18.2 Å². The van der Waals surface area contributed by atoms with Crippen molar-refractivity contribution < 1.29 is 4.79 Å². The van der Waals surface area contributed by atoms with Crippen molar-refractivity contribution >= 4 is 11.5 Å². The van der Waals surface area contributed by atoms with Crippen LogP contribution in [0.25, 0.3) is 0 Å². The van der Waals surface area contributed by atoms with Gasteiger partial charge in [0.2, 0.25) is 0 Å². The zero-order valence-corrected chi connectivity index (χ0v) is 10.9. The number of carbonyl (C=O) groups excluding carboxylic acids is 1. The van der Waals surface area contributed by atoms with Crippen molar-refractivity contribution in [2.45, 2.75) is 13.0 Å². The normalized spacial score (nSPS) is 13.8. The van der Waals surface area contributed by atoms with Gasteiger partial charge in [-0.3, -0.25) is 4.79 Å². The molecular weight excluding hydrogens is 250 g/mol. The van der Waals surface area contributed by atoms with Crippen molar-refractivity contribution in [3.63, 3.8) is 0 Å². The summed E-state index contributed by atoms with van der Waals surface area (Å²) in [5.74, 6) is 0.184. The molecular formula is C16H13N3O. The minimum Gasteiger partial charge on any atom is -0.366 e. The molecule has 0 amide bonds. The van der Waals surface area contributed by atoms with E-state index in [0.29, 0.717) is 25.2 Å². The summed E-state index contributed by atoms with van der Waals surface area (Å²) < 4.78 is 0. The lowest BCUT2D eigenvalue weighted by molar-refractivity contribution is 0.0979. The van der Waals surface area contributed by atoms with Gasteiger partial charge in [0.05, 0.1) is 0 Å². The Morgan fingerprint density at radius 1 is 1.25 bits per heavy atom. The molecule has 0 saturated carbocycles. The van der Waals surface area contributed by atoms with E-state index in [1.807, 2.05) is 36.4 Å². The van der Waals surface area contributed by atoms with Crippen molar-refractivity contribution in [1.82, 2.24) is 4.98 Å². The van der Waals surface area contributed by atoms with Crippen LogP contribution in [-0.2, 0) is 6.54 Å². The maximum Gasteiger partial charge on any atom is 0.166 e. The standard InChI is InChI=1S/C16H13N3O/c17-10-14-12(4-3-8-18-14)11-19-9-7-16(20)13-5-1-2-6-15(13)19/h1-6,8H,7,9,11H2. The van der Waals surface area contributed by atoms with E-state index < -0.39 is 0 Å². The van der Waals surface area contributed by atoms with E-state index in [1.165, 1.54) is 0 Å². The quantitative estimate of drug-likeness (QED) is 0.835. The smallest absolute Gasteiger partial charge is 0.166 e. The fourth-order valence-electron chi connectivity index (χ4n) is 2.51. The van der Waals surface area contributed by atoms with E-state index in [1.54, 1.807) is 6.20 Å². The molecule has 0 fully saturated rings. The molecule has 0 unspecified atom stereocenters. The number of nitrogens with zero attached hydrogens (tertiary/aromatic N) is 3. The van der Waals surface area contributed by atoms with Crippen LogP contribution < -0.4 is 4.90 Å². The first kappa shape index (κ1) is 12.4. The van der Waals surface area contributed by atoms with Gasteiger partial charge in [0.1, 0.15) is 11.8 Å². The second kappa shape index (κ2) is 5.14. The van der Waals surface area contributed by atoms with E-state index in [-0.39, 0.29) is 5.78 Å². The Balaban J connectivity index is 1.95. The molecule has 2 aromatic rings. The summed E-state index contributed by atoms with van der Waals surface area (Å²) >= 11 is 0. The predicted octanol–water partition coefficient (Wildman–Crippen LogP) is 2.55. The molecule has 0 atom stereocenters. The van der Waals surface area contributed by atoms with Gasteiger partial charge < -0.3 is 4.90 Å². The molecule has 0 saturated heterocycles. The summed E-state index contributed by atoms with van der Waals surface area (Å²) in [5, 5.41) is 9.10. The van der Waals surface area contributed by atoms with Crippen molar-refractivity contribution in [3.8, 4) is 6.07 Å². The summed E-state index contributed by atoms with van der Waals surface area (Å²) in [6.07, 6.45) is 2.13. The Bertz CT molecular complexity index is 703. The minimum atomic E-state index is 0.184. The molecule has 0 radical (unpaired) electrons. The van der Waals surface area contributed by atoms with Gasteiger partial charge in [0, 0.05) is 42.5 Å². The Morgan fingerprint density at radius 2 is 2.10 bits per heavy atom. The van der Waals surface area contributed by atoms with Crippen LogP contribution in [0.2, 0.25) is 0 Å². The van der Waals surface area contributed by atoms with Crippen LogP contribution in [0.5, 0.6) is 0 Å². The first-order chi connectivity index (χ1) is 9.79. The molecule has 98 valence electrons. The topological polar surface area (TPSA) is 57.0 Å². The summed E-state index contributed by atoms with van der Waals surface area (Å²) in [7, 11) is 0. The van der Waals surface area contributed by atoms with Crippen LogP contribution in [0.1, 0.15) is 28.0 Å². The molecule has 4 heteroatoms. The van der Waals surface area contributed by atoms with Gasteiger partial charge in [-0.1, -0.05) is 18.2 Å². The number of nitriles is 1. The summed E-state index contributed by atoms with van der Waals surface area (Å²) in [4.78, 5) is 18.1. The van der Waals surface area contributed by atoms with Gasteiger partial charge in [-0.2, -0.15) is 5.26 Å². The summed E-state index contributed by atoms with van der Waals surface area (Å²) in [6, 6.07) is 13.5. The Hall–Kier alpha value is -2.67. The molecule has 1 aromatic heterocycles. The van der Waals surface area contributed by atoms with Crippen LogP contribution in [0.4, 0.5) is 5.69 Å². The maximum absolute atomic E-state index is 11.9.